The number of nitrogen functional groups attached to an aromatic ring is 1. The second-order valence-corrected chi connectivity index (χ2v) is 5.35. The van der Waals surface area contributed by atoms with Gasteiger partial charge in [0.25, 0.3) is 5.56 Å². The van der Waals surface area contributed by atoms with Crippen LogP contribution in [-0.4, -0.2) is 61.7 Å². The fourth-order valence-electron chi connectivity index (χ4n) is 2.58. The number of H-pyrrole nitrogens is 1. The Morgan fingerprint density at radius 1 is 1.35 bits per heavy atom. The van der Waals surface area contributed by atoms with Crippen molar-refractivity contribution in [1.82, 2.24) is 29.6 Å². The molecule has 1 amide bonds. The Hall–Kier alpha value is -2.91. The van der Waals surface area contributed by atoms with Crippen molar-refractivity contribution in [3.63, 3.8) is 0 Å². The molecule has 2 aromatic rings. The van der Waals surface area contributed by atoms with Crippen LogP contribution in [0.25, 0.3) is 0 Å². The average molecular weight is 318 g/mol. The summed E-state index contributed by atoms with van der Waals surface area (Å²) in [5.41, 5.74) is 5.28. The third-order valence-corrected chi connectivity index (χ3v) is 3.85. The number of anilines is 2. The van der Waals surface area contributed by atoms with Gasteiger partial charge in [-0.15, -0.1) is 0 Å². The van der Waals surface area contributed by atoms with Gasteiger partial charge in [-0.05, 0) is 6.92 Å². The van der Waals surface area contributed by atoms with Crippen molar-refractivity contribution < 1.29 is 4.79 Å². The molecule has 23 heavy (non-hydrogen) atoms. The first-order valence-corrected chi connectivity index (χ1v) is 7.29. The molecule has 2 aromatic heterocycles. The van der Waals surface area contributed by atoms with Crippen molar-refractivity contribution in [2.45, 2.75) is 13.0 Å². The van der Waals surface area contributed by atoms with E-state index in [0.717, 1.165) is 0 Å². The van der Waals surface area contributed by atoms with Gasteiger partial charge in [0, 0.05) is 32.2 Å². The lowest BCUT2D eigenvalue weighted by molar-refractivity contribution is -0.134. The Labute approximate surface area is 131 Å². The molecule has 0 unspecified atom stereocenters. The van der Waals surface area contributed by atoms with Crippen molar-refractivity contribution in [1.29, 1.82) is 0 Å². The highest BCUT2D eigenvalue weighted by Gasteiger charge is 2.26. The second kappa shape index (κ2) is 6.07. The standard InChI is InChI=1S/C13H18N8O2/c1-9(21-8-15-7-16-21)12(23)20-4-2-19(3-5-20)10-6-11(22)18-13(14)17-10/h6-9H,2-5H2,1H3,(H3,14,17,18,22)/t9-/m1/s1. The molecule has 3 N–H and O–H groups in total. The number of piperazine rings is 1. The third-order valence-electron chi connectivity index (χ3n) is 3.85. The molecule has 0 saturated carbocycles. The van der Waals surface area contributed by atoms with Crippen molar-refractivity contribution >= 4 is 17.7 Å². The Morgan fingerprint density at radius 3 is 2.70 bits per heavy atom. The zero-order valence-corrected chi connectivity index (χ0v) is 12.7. The number of hydrogen-bond acceptors (Lipinski definition) is 7. The number of hydrogen-bond donors (Lipinski definition) is 2. The Balaban J connectivity index is 1.64. The van der Waals surface area contributed by atoms with E-state index in [1.165, 1.54) is 23.4 Å². The lowest BCUT2D eigenvalue weighted by Crippen LogP contribution is -2.50. The molecule has 0 aromatic carbocycles. The molecule has 0 bridgehead atoms. The van der Waals surface area contributed by atoms with Crippen LogP contribution < -0.4 is 16.2 Å². The summed E-state index contributed by atoms with van der Waals surface area (Å²) in [6.07, 6.45) is 2.94. The summed E-state index contributed by atoms with van der Waals surface area (Å²) in [6, 6.07) is 1.02. The number of nitrogens with two attached hydrogens (primary N) is 1. The third kappa shape index (κ3) is 3.15. The van der Waals surface area contributed by atoms with Gasteiger partial charge in [0.1, 0.15) is 24.5 Å². The highest BCUT2D eigenvalue weighted by atomic mass is 16.2. The maximum absolute atomic E-state index is 12.5. The molecule has 0 aliphatic carbocycles. The first-order chi connectivity index (χ1) is 11.0. The molecule has 0 radical (unpaired) electrons. The zero-order valence-electron chi connectivity index (χ0n) is 12.7. The Bertz CT molecular complexity index is 733. The molecule has 3 heterocycles. The molecular weight excluding hydrogens is 300 g/mol. The summed E-state index contributed by atoms with van der Waals surface area (Å²) >= 11 is 0. The second-order valence-electron chi connectivity index (χ2n) is 5.35. The van der Waals surface area contributed by atoms with Crippen LogP contribution in [0.3, 0.4) is 0 Å². The zero-order chi connectivity index (χ0) is 16.4. The largest absolute Gasteiger partial charge is 0.369 e. The van der Waals surface area contributed by atoms with Gasteiger partial charge in [-0.2, -0.15) is 10.1 Å². The SMILES string of the molecule is C[C@H](C(=O)N1CCN(c2cc(=O)[nH]c(N)n2)CC1)n1cncn1. The maximum Gasteiger partial charge on any atom is 0.254 e. The van der Waals surface area contributed by atoms with Crippen LogP contribution in [0.5, 0.6) is 0 Å². The van der Waals surface area contributed by atoms with Crippen molar-refractivity contribution in [2.24, 2.45) is 0 Å². The number of nitrogens with one attached hydrogen (secondary N) is 1. The fraction of sp³-hybridized carbons (Fsp3) is 0.462. The van der Waals surface area contributed by atoms with Crippen LogP contribution in [0.2, 0.25) is 0 Å². The summed E-state index contributed by atoms with van der Waals surface area (Å²) in [5, 5.41) is 4.00. The molecule has 3 rings (SSSR count). The fourth-order valence-corrected chi connectivity index (χ4v) is 2.58. The van der Waals surface area contributed by atoms with E-state index in [1.54, 1.807) is 11.8 Å². The molecule has 1 aliphatic rings. The lowest BCUT2D eigenvalue weighted by atomic mass is 10.2. The highest BCUT2D eigenvalue weighted by Crippen LogP contribution is 2.15. The number of aromatic amines is 1. The number of nitrogens with zero attached hydrogens (tertiary/aromatic N) is 6. The van der Waals surface area contributed by atoms with Crippen LogP contribution in [0.4, 0.5) is 11.8 Å². The predicted octanol–water partition coefficient (Wildman–Crippen LogP) is -1.15. The summed E-state index contributed by atoms with van der Waals surface area (Å²) in [4.78, 5) is 38.1. The molecule has 10 nitrogen and oxygen atoms in total. The number of rotatable bonds is 3. The number of amides is 1. The molecular formula is C13H18N8O2. The molecule has 10 heteroatoms. The molecule has 1 aliphatic heterocycles. The van der Waals surface area contributed by atoms with Crippen molar-refractivity contribution in [3.8, 4) is 0 Å². The predicted molar refractivity (Wildman–Crippen MR) is 82.8 cm³/mol. The van der Waals surface area contributed by atoms with Crippen LogP contribution >= 0.6 is 0 Å². The first-order valence-electron chi connectivity index (χ1n) is 7.29. The quantitative estimate of drug-likeness (QED) is 0.732. The summed E-state index contributed by atoms with van der Waals surface area (Å²) in [6.45, 7) is 4.07. The van der Waals surface area contributed by atoms with Crippen LogP contribution in [0.1, 0.15) is 13.0 Å². The number of carbonyl (C=O) groups excluding carboxylic acids is 1. The average Bonchev–Trinajstić information content (AvgIpc) is 3.07. The van der Waals surface area contributed by atoms with Gasteiger partial charge in [-0.25, -0.2) is 9.67 Å². The minimum Gasteiger partial charge on any atom is -0.369 e. The number of aromatic nitrogens is 5. The smallest absolute Gasteiger partial charge is 0.254 e. The monoisotopic (exact) mass is 318 g/mol. The van der Waals surface area contributed by atoms with Crippen molar-refractivity contribution in [3.05, 3.63) is 29.1 Å². The van der Waals surface area contributed by atoms with E-state index < -0.39 is 6.04 Å². The number of carbonyl (C=O) groups is 1. The van der Waals surface area contributed by atoms with E-state index in [-0.39, 0.29) is 17.4 Å². The van der Waals surface area contributed by atoms with Gasteiger partial charge in [0.15, 0.2) is 0 Å². The van der Waals surface area contributed by atoms with E-state index in [1.807, 2.05) is 4.90 Å². The van der Waals surface area contributed by atoms with Gasteiger partial charge in [-0.3, -0.25) is 14.6 Å². The summed E-state index contributed by atoms with van der Waals surface area (Å²) in [7, 11) is 0. The van der Waals surface area contributed by atoms with Gasteiger partial charge in [0.05, 0.1) is 0 Å². The normalized spacial score (nSPS) is 16.4. The lowest BCUT2D eigenvalue weighted by Gasteiger charge is -2.36. The van der Waals surface area contributed by atoms with Gasteiger partial charge < -0.3 is 15.5 Å². The summed E-state index contributed by atoms with van der Waals surface area (Å²) in [5.74, 6) is 0.613. The van der Waals surface area contributed by atoms with Crippen molar-refractivity contribution in [2.75, 3.05) is 36.8 Å². The topological polar surface area (TPSA) is 126 Å². The van der Waals surface area contributed by atoms with E-state index in [9.17, 15) is 9.59 Å². The molecule has 122 valence electrons. The summed E-state index contributed by atoms with van der Waals surface area (Å²) < 4.78 is 1.54. The van der Waals surface area contributed by atoms with E-state index in [0.29, 0.717) is 32.0 Å². The first kappa shape index (κ1) is 15.0. The van der Waals surface area contributed by atoms with E-state index >= 15 is 0 Å². The van der Waals surface area contributed by atoms with Crippen LogP contribution in [-0.2, 0) is 4.79 Å². The van der Waals surface area contributed by atoms with E-state index in [4.69, 9.17) is 5.73 Å². The molecule has 1 atom stereocenters. The minimum absolute atomic E-state index is 0.00599. The van der Waals surface area contributed by atoms with Gasteiger partial charge >= 0.3 is 0 Å². The molecule has 1 saturated heterocycles. The minimum atomic E-state index is -0.391. The van der Waals surface area contributed by atoms with Crippen LogP contribution in [0.15, 0.2) is 23.5 Å². The van der Waals surface area contributed by atoms with Gasteiger partial charge in [-0.1, -0.05) is 0 Å². The van der Waals surface area contributed by atoms with Crippen LogP contribution in [0, 0.1) is 0 Å². The van der Waals surface area contributed by atoms with E-state index in [2.05, 4.69) is 20.1 Å². The maximum atomic E-state index is 12.5. The molecule has 1 fully saturated rings. The Morgan fingerprint density at radius 2 is 2.09 bits per heavy atom. The Kier molecular flexibility index (Phi) is 3.96. The molecule has 0 spiro atoms. The van der Waals surface area contributed by atoms with Gasteiger partial charge in [0.2, 0.25) is 11.9 Å². The highest BCUT2D eigenvalue weighted by molar-refractivity contribution is 5.80.